The number of nitrogens with zero attached hydrogens (tertiary/aromatic N) is 1. The zero-order chi connectivity index (χ0) is 15.3. The lowest BCUT2D eigenvalue weighted by Crippen LogP contribution is -2.29. The Bertz CT molecular complexity index is 609. The molecule has 0 fully saturated rings. The first-order chi connectivity index (χ1) is 9.27. The van der Waals surface area contributed by atoms with Gasteiger partial charge >= 0.3 is 0 Å². The molecule has 0 spiro atoms. The van der Waals surface area contributed by atoms with Crippen molar-refractivity contribution in [2.45, 2.75) is 31.3 Å². The van der Waals surface area contributed by atoms with Gasteiger partial charge in [-0.05, 0) is 30.5 Å². The minimum absolute atomic E-state index is 0.0150. The van der Waals surface area contributed by atoms with E-state index in [9.17, 15) is 17.9 Å². The van der Waals surface area contributed by atoms with Gasteiger partial charge in [-0.2, -0.15) is 5.26 Å². The summed E-state index contributed by atoms with van der Waals surface area (Å²) in [4.78, 5) is -0.504. The lowest BCUT2D eigenvalue weighted by atomic mass is 10.1. The normalized spacial score (nSPS) is 13.2. The molecule has 7 heteroatoms. The van der Waals surface area contributed by atoms with Crippen LogP contribution in [-0.2, 0) is 10.0 Å². The zero-order valence-corrected chi connectivity index (χ0v) is 12.1. The fraction of sp³-hybridized carbons (Fsp3) is 0.462. The number of aliphatic hydroxyl groups excluding tert-OH is 1. The van der Waals surface area contributed by atoms with Gasteiger partial charge < -0.3 is 5.11 Å². The van der Waals surface area contributed by atoms with Crippen LogP contribution in [-0.4, -0.2) is 26.2 Å². The number of nitriles is 1. The molecule has 1 rings (SSSR count). The van der Waals surface area contributed by atoms with Gasteiger partial charge in [0.15, 0.2) is 0 Å². The van der Waals surface area contributed by atoms with Gasteiger partial charge in [0.05, 0.1) is 17.7 Å². The van der Waals surface area contributed by atoms with Crippen molar-refractivity contribution in [3.05, 3.63) is 29.6 Å². The summed E-state index contributed by atoms with van der Waals surface area (Å²) in [6.07, 6.45) is -0.377. The minimum Gasteiger partial charge on any atom is -0.393 e. The molecule has 0 aliphatic rings. The van der Waals surface area contributed by atoms with E-state index in [2.05, 4.69) is 4.72 Å². The van der Waals surface area contributed by atoms with Crippen molar-refractivity contribution >= 4 is 10.0 Å². The summed E-state index contributed by atoms with van der Waals surface area (Å²) in [6.45, 7) is 3.65. The van der Waals surface area contributed by atoms with Crippen LogP contribution in [0, 0.1) is 23.1 Å². The molecule has 20 heavy (non-hydrogen) atoms. The maximum absolute atomic E-state index is 13.6. The highest BCUT2D eigenvalue weighted by atomic mass is 32.2. The Balaban J connectivity index is 2.77. The van der Waals surface area contributed by atoms with Crippen LogP contribution < -0.4 is 4.72 Å². The summed E-state index contributed by atoms with van der Waals surface area (Å²) >= 11 is 0. The fourth-order valence-corrected chi connectivity index (χ4v) is 2.65. The SMILES string of the molecule is CC(C)C(O)CCNS(=O)(=O)c1ccc(C#N)cc1F. The molecule has 0 saturated heterocycles. The lowest BCUT2D eigenvalue weighted by Gasteiger charge is -2.14. The first kappa shape index (κ1) is 16.6. The van der Waals surface area contributed by atoms with Gasteiger partial charge in [0.2, 0.25) is 10.0 Å². The molecule has 0 amide bonds. The molecule has 1 aromatic rings. The first-order valence-corrected chi connectivity index (χ1v) is 7.63. The molecule has 0 heterocycles. The van der Waals surface area contributed by atoms with Crippen LogP contribution in [0.5, 0.6) is 0 Å². The Morgan fingerprint density at radius 2 is 2.10 bits per heavy atom. The second kappa shape index (κ2) is 6.79. The predicted molar refractivity (Wildman–Crippen MR) is 71.8 cm³/mol. The second-order valence-electron chi connectivity index (χ2n) is 4.75. The Morgan fingerprint density at radius 1 is 1.45 bits per heavy atom. The number of halogens is 1. The summed E-state index contributed by atoms with van der Waals surface area (Å²) in [7, 11) is -3.98. The van der Waals surface area contributed by atoms with Gasteiger partial charge in [-0.25, -0.2) is 17.5 Å². The van der Waals surface area contributed by atoms with E-state index in [1.807, 2.05) is 13.8 Å². The number of nitrogens with one attached hydrogen (secondary N) is 1. The summed E-state index contributed by atoms with van der Waals surface area (Å²) in [5.74, 6) is -0.952. The maximum Gasteiger partial charge on any atom is 0.243 e. The lowest BCUT2D eigenvalue weighted by molar-refractivity contribution is 0.118. The van der Waals surface area contributed by atoms with E-state index < -0.39 is 26.8 Å². The molecule has 0 aliphatic heterocycles. The van der Waals surface area contributed by atoms with Gasteiger partial charge in [0.1, 0.15) is 10.7 Å². The molecular weight excluding hydrogens is 283 g/mol. The highest BCUT2D eigenvalue weighted by molar-refractivity contribution is 7.89. The average molecular weight is 300 g/mol. The third-order valence-electron chi connectivity index (χ3n) is 2.85. The van der Waals surface area contributed by atoms with Crippen molar-refractivity contribution in [2.75, 3.05) is 6.54 Å². The summed E-state index contributed by atoms with van der Waals surface area (Å²) in [5, 5.41) is 18.2. The molecule has 0 aromatic heterocycles. The predicted octanol–water partition coefficient (Wildman–Crippen LogP) is 1.38. The average Bonchev–Trinajstić information content (AvgIpc) is 2.37. The quantitative estimate of drug-likeness (QED) is 0.830. The summed E-state index contributed by atoms with van der Waals surface area (Å²) < 4.78 is 39.6. The number of benzene rings is 1. The van der Waals surface area contributed by atoms with E-state index in [4.69, 9.17) is 5.26 Å². The molecule has 0 saturated carbocycles. The third kappa shape index (κ3) is 4.27. The van der Waals surface area contributed by atoms with Crippen LogP contribution in [0.25, 0.3) is 0 Å². The molecule has 2 N–H and O–H groups in total. The molecule has 1 atom stereocenters. The zero-order valence-electron chi connectivity index (χ0n) is 11.3. The van der Waals surface area contributed by atoms with E-state index in [0.717, 1.165) is 12.1 Å². The topological polar surface area (TPSA) is 90.2 Å². The number of sulfonamides is 1. The molecular formula is C13H17FN2O3S. The van der Waals surface area contributed by atoms with Crippen LogP contribution in [0.4, 0.5) is 4.39 Å². The van der Waals surface area contributed by atoms with Crippen molar-refractivity contribution in [1.82, 2.24) is 4.72 Å². The Morgan fingerprint density at radius 3 is 2.60 bits per heavy atom. The summed E-state index contributed by atoms with van der Waals surface area (Å²) in [5.41, 5.74) is 0.0525. The van der Waals surface area contributed by atoms with Crippen LogP contribution in [0.15, 0.2) is 23.1 Å². The van der Waals surface area contributed by atoms with E-state index in [1.54, 1.807) is 6.07 Å². The Hall–Kier alpha value is -1.49. The summed E-state index contributed by atoms with van der Waals surface area (Å²) in [6, 6.07) is 4.89. The standard InChI is InChI=1S/C13H17FN2O3S/c1-9(2)12(17)5-6-16-20(18,19)13-4-3-10(8-15)7-11(13)14/h3-4,7,9,12,16-17H,5-6H2,1-2H3. The number of rotatable bonds is 6. The Kier molecular flexibility index (Phi) is 5.62. The van der Waals surface area contributed by atoms with Crippen LogP contribution in [0.1, 0.15) is 25.8 Å². The van der Waals surface area contributed by atoms with Crippen LogP contribution >= 0.6 is 0 Å². The maximum atomic E-state index is 13.6. The number of hydrogen-bond acceptors (Lipinski definition) is 4. The minimum atomic E-state index is -3.98. The van der Waals surface area contributed by atoms with E-state index in [-0.39, 0.29) is 24.4 Å². The van der Waals surface area contributed by atoms with Crippen molar-refractivity contribution < 1.29 is 17.9 Å². The van der Waals surface area contributed by atoms with Crippen LogP contribution in [0.3, 0.4) is 0 Å². The van der Waals surface area contributed by atoms with Gasteiger partial charge in [-0.1, -0.05) is 13.8 Å². The smallest absolute Gasteiger partial charge is 0.243 e. The van der Waals surface area contributed by atoms with Crippen molar-refractivity contribution in [2.24, 2.45) is 5.92 Å². The van der Waals surface area contributed by atoms with Crippen LogP contribution in [0.2, 0.25) is 0 Å². The molecule has 1 unspecified atom stereocenters. The van der Waals surface area contributed by atoms with Gasteiger partial charge in [-0.15, -0.1) is 0 Å². The van der Waals surface area contributed by atoms with Gasteiger partial charge in [0.25, 0.3) is 0 Å². The van der Waals surface area contributed by atoms with Crippen molar-refractivity contribution in [1.29, 1.82) is 5.26 Å². The molecule has 1 aromatic carbocycles. The highest BCUT2D eigenvalue weighted by Gasteiger charge is 2.19. The number of aliphatic hydroxyl groups is 1. The van der Waals surface area contributed by atoms with Gasteiger partial charge in [0, 0.05) is 6.54 Å². The monoisotopic (exact) mass is 300 g/mol. The largest absolute Gasteiger partial charge is 0.393 e. The van der Waals surface area contributed by atoms with E-state index >= 15 is 0 Å². The third-order valence-corrected chi connectivity index (χ3v) is 4.35. The Labute approximate surface area is 118 Å². The van der Waals surface area contributed by atoms with E-state index in [0.29, 0.717) is 0 Å². The highest BCUT2D eigenvalue weighted by Crippen LogP contribution is 2.15. The molecule has 110 valence electrons. The van der Waals surface area contributed by atoms with Gasteiger partial charge in [-0.3, -0.25) is 0 Å². The molecule has 5 nitrogen and oxygen atoms in total. The number of hydrogen-bond donors (Lipinski definition) is 2. The van der Waals surface area contributed by atoms with E-state index in [1.165, 1.54) is 6.07 Å². The second-order valence-corrected chi connectivity index (χ2v) is 6.49. The van der Waals surface area contributed by atoms with Crippen molar-refractivity contribution in [3.63, 3.8) is 0 Å². The molecule has 0 radical (unpaired) electrons. The van der Waals surface area contributed by atoms with Crippen molar-refractivity contribution in [3.8, 4) is 6.07 Å². The fourth-order valence-electron chi connectivity index (χ4n) is 1.54. The molecule has 0 bridgehead atoms. The first-order valence-electron chi connectivity index (χ1n) is 6.15. The molecule has 0 aliphatic carbocycles.